The molecule has 0 saturated carbocycles. The third-order valence-electron chi connectivity index (χ3n) is 10.1. The molecule has 0 aliphatic heterocycles. The molecule has 9 N–H and O–H groups in total. The standard InChI is InChI=1S/C17H17BClF2N3O4S.C16H13ClF2N2O.C8H15BN3O3S.CH2Cl2/c1-18(26)24-29(27,28)23-15-7-4-10-11(3-6-14(21)16(10)15)17(25)22-9-2-5-13(20)12(19)8-9;17-11-7-8(1-4-12(11)18)21-16(22)10-2-5-13(19)15-9(10)3-6-14(15)20;1-9(13)10-16(14,15)12-6-4-8(5-7-12)11(2)3;2-1-3/h2-3,5-6,8,15,23-24,26H,4,7H2,1H3,(H,22,25);1-2,4-5,7,14H,3,6,20H2,(H,21,22);4-7,10,13H,1-3H3;1H2/q;;+1;/t15-;14-;;/m00../s1. The molecule has 2 aliphatic rings. The Hall–Kier alpha value is -4.56. The number of nitrogens with one attached hydrogen (secondary N) is 5. The Bertz CT molecular complexity index is 2900. The van der Waals surface area contributed by atoms with Crippen LogP contribution in [-0.4, -0.2) is 72.2 Å². The van der Waals surface area contributed by atoms with Crippen molar-refractivity contribution in [2.24, 2.45) is 5.73 Å². The van der Waals surface area contributed by atoms with Crippen molar-refractivity contribution in [1.82, 2.24) is 14.0 Å². The smallest absolute Gasteiger partial charge is 0.436 e. The zero-order valence-corrected chi connectivity index (χ0v) is 42.2. The van der Waals surface area contributed by atoms with Crippen molar-refractivity contribution >= 4 is 110 Å². The predicted octanol–water partition coefficient (Wildman–Crippen LogP) is 6.46. The van der Waals surface area contributed by atoms with E-state index in [-0.39, 0.29) is 56.9 Å². The number of nitrogens with two attached hydrogens (primary N) is 1. The van der Waals surface area contributed by atoms with Gasteiger partial charge in [0.05, 0.1) is 21.4 Å². The van der Waals surface area contributed by atoms with Gasteiger partial charge >= 0.3 is 24.3 Å². The number of fused-ring (bicyclic) bond motifs is 2. The van der Waals surface area contributed by atoms with Crippen LogP contribution in [0.2, 0.25) is 23.7 Å². The van der Waals surface area contributed by atoms with E-state index in [0.29, 0.717) is 40.8 Å². The Kier molecular flexibility index (Phi) is 21.3. The van der Waals surface area contributed by atoms with Crippen LogP contribution in [0.5, 0.6) is 0 Å². The number of hydrogen-bond donors (Lipinski definition) is 8. The Morgan fingerprint density at radius 3 is 1.59 bits per heavy atom. The topological polar surface area (TPSA) is 236 Å². The van der Waals surface area contributed by atoms with Crippen LogP contribution in [0.25, 0.3) is 0 Å². The number of benzene rings is 4. The zero-order chi connectivity index (χ0) is 52.2. The van der Waals surface area contributed by atoms with Crippen molar-refractivity contribution in [3.8, 4) is 0 Å². The molecule has 376 valence electrons. The van der Waals surface area contributed by atoms with Crippen molar-refractivity contribution < 1.29 is 58.0 Å². The first-order valence-corrected chi connectivity index (χ1v) is 25.4. The van der Waals surface area contributed by atoms with Crippen molar-refractivity contribution in [2.45, 2.75) is 51.4 Å². The van der Waals surface area contributed by atoms with Gasteiger partial charge in [0.2, 0.25) is 0 Å². The summed E-state index contributed by atoms with van der Waals surface area (Å²) in [7, 11) is -6.50. The lowest BCUT2D eigenvalue weighted by molar-refractivity contribution is -0.512. The van der Waals surface area contributed by atoms with Crippen LogP contribution in [0.3, 0.4) is 0 Å². The number of aromatic nitrogens is 1. The molecule has 1 heterocycles. The number of rotatable bonds is 12. The maximum atomic E-state index is 14.5. The number of pyridine rings is 1. The van der Waals surface area contributed by atoms with E-state index in [1.165, 1.54) is 74.6 Å². The van der Waals surface area contributed by atoms with Crippen molar-refractivity contribution in [2.75, 3.05) is 35.0 Å². The van der Waals surface area contributed by atoms with E-state index in [0.717, 1.165) is 21.8 Å². The number of hydrogen-bond acceptors (Lipinski definition) is 10. The summed E-state index contributed by atoms with van der Waals surface area (Å²) in [6.45, 7) is 2.57. The number of amides is 2. The fraction of sp³-hybridized carbons (Fsp3) is 0.262. The Morgan fingerprint density at radius 2 is 1.14 bits per heavy atom. The molecule has 1 aromatic heterocycles. The quantitative estimate of drug-likeness (QED) is 0.0294. The van der Waals surface area contributed by atoms with E-state index < -0.39 is 69.8 Å². The van der Waals surface area contributed by atoms with Crippen LogP contribution in [-0.2, 0) is 33.3 Å². The minimum atomic E-state index is -4.08. The number of carbonyl (C=O) groups is 2. The van der Waals surface area contributed by atoms with Gasteiger partial charge in [0.15, 0.2) is 12.4 Å². The third-order valence-corrected chi connectivity index (χ3v) is 13.3. The second-order valence-corrected chi connectivity index (χ2v) is 20.2. The van der Waals surface area contributed by atoms with Gasteiger partial charge in [0, 0.05) is 71.6 Å². The molecular weight excluding hydrogens is 1050 g/mol. The highest BCUT2D eigenvalue weighted by molar-refractivity contribution is 7.88. The summed E-state index contributed by atoms with van der Waals surface area (Å²) in [6.07, 6.45) is 4.50. The third kappa shape index (κ3) is 16.0. The molecule has 5 aromatic rings. The second kappa shape index (κ2) is 25.7. The van der Waals surface area contributed by atoms with E-state index in [1.54, 1.807) is 12.1 Å². The SMILES string of the molecule is CB(O)NS(=O)(=O)N[C@H]1CCc2c(C(=O)Nc3ccc(F)c(Cl)c3)ccc(F)c21.CB(O)NS(=O)(=O)[n+]1ccc(N(C)C)cc1.ClCCl.N[C@H]1CCc2c(C(=O)Nc3ccc(F)c(Cl)c3)ccc(F)c21. The average Bonchev–Trinajstić information content (AvgIpc) is 3.87. The van der Waals surface area contributed by atoms with Crippen LogP contribution in [0.4, 0.5) is 34.6 Å². The van der Waals surface area contributed by atoms with Gasteiger partial charge in [-0.3, -0.25) is 9.59 Å². The van der Waals surface area contributed by atoms with Crippen LogP contribution in [0.15, 0.2) is 85.2 Å². The molecule has 2 atom stereocenters. The van der Waals surface area contributed by atoms with Crippen molar-refractivity contribution in [3.05, 3.63) is 152 Å². The average molecular weight is 1100 g/mol. The normalized spacial score (nSPS) is 14.6. The van der Waals surface area contributed by atoms with Crippen LogP contribution in [0, 0.1) is 23.3 Å². The molecule has 0 saturated heterocycles. The molecule has 16 nitrogen and oxygen atoms in total. The monoisotopic (exact) mass is 1090 g/mol. The molecule has 70 heavy (non-hydrogen) atoms. The van der Waals surface area contributed by atoms with Crippen molar-refractivity contribution in [3.63, 3.8) is 0 Å². The summed E-state index contributed by atoms with van der Waals surface area (Å²) in [6, 6.07) is 14.7. The number of anilines is 3. The fourth-order valence-electron chi connectivity index (χ4n) is 7.14. The van der Waals surface area contributed by atoms with Gasteiger partial charge in [-0.05, 0) is 111 Å². The van der Waals surface area contributed by atoms with E-state index in [1.807, 2.05) is 23.6 Å². The Labute approximate surface area is 423 Å². The lowest BCUT2D eigenvalue weighted by Gasteiger charge is -2.17. The predicted molar refractivity (Wildman–Crippen MR) is 266 cm³/mol. The first-order chi connectivity index (χ1) is 32.8. The van der Waals surface area contributed by atoms with E-state index in [4.69, 9.17) is 57.2 Å². The maximum Gasteiger partial charge on any atom is 0.436 e. The van der Waals surface area contributed by atoms with Gasteiger partial charge in [-0.2, -0.15) is 17.8 Å². The molecule has 0 fully saturated rings. The van der Waals surface area contributed by atoms with Gasteiger partial charge < -0.3 is 31.3 Å². The molecule has 0 radical (unpaired) electrons. The highest BCUT2D eigenvalue weighted by atomic mass is 35.5. The summed E-state index contributed by atoms with van der Waals surface area (Å²) < 4.78 is 109. The molecule has 28 heteroatoms. The number of halogens is 8. The molecule has 0 unspecified atom stereocenters. The van der Waals surface area contributed by atoms with Gasteiger partial charge in [0.1, 0.15) is 23.3 Å². The first-order valence-electron chi connectivity index (χ1n) is 20.7. The Morgan fingerprint density at radius 1 is 0.714 bits per heavy atom. The summed E-state index contributed by atoms with van der Waals surface area (Å²) in [5.41, 5.74) is 9.45. The van der Waals surface area contributed by atoms with E-state index in [9.17, 15) is 49.0 Å². The summed E-state index contributed by atoms with van der Waals surface area (Å²) in [5.74, 6) is -3.19. The summed E-state index contributed by atoms with van der Waals surface area (Å²) in [4.78, 5) is 26.9. The largest absolute Gasteiger partial charge is 0.437 e. The van der Waals surface area contributed by atoms with Gasteiger partial charge in [0.25, 0.3) is 22.0 Å². The minimum Gasteiger partial charge on any atom is -0.437 e. The van der Waals surface area contributed by atoms with Gasteiger partial charge in [-0.15, -0.1) is 31.6 Å². The Balaban J connectivity index is 0.000000231. The van der Waals surface area contributed by atoms with Crippen LogP contribution < -0.4 is 39.2 Å². The number of carbonyl (C=O) groups excluding carboxylic acids is 2. The molecule has 0 spiro atoms. The second-order valence-electron chi connectivity index (χ2n) is 15.5. The van der Waals surface area contributed by atoms with E-state index in [2.05, 4.69) is 20.0 Å². The number of alkyl halides is 2. The summed E-state index contributed by atoms with van der Waals surface area (Å²) >= 11 is 20.9. The molecule has 0 bridgehead atoms. The number of nitrogens with zero attached hydrogens (tertiary/aromatic N) is 2. The maximum absolute atomic E-state index is 14.5. The minimum absolute atomic E-state index is 0.0748. The molecule has 7 rings (SSSR count). The molecule has 2 amide bonds. The summed E-state index contributed by atoms with van der Waals surface area (Å²) in [5, 5.41) is 23.4. The fourth-order valence-corrected chi connectivity index (χ4v) is 9.62. The van der Waals surface area contributed by atoms with Gasteiger partial charge in [-0.1, -0.05) is 27.2 Å². The molecular formula is C42H47B2Cl4F4N8O8S2+. The van der Waals surface area contributed by atoms with Gasteiger partial charge in [-0.25, -0.2) is 22.2 Å². The van der Waals surface area contributed by atoms with Crippen LogP contribution >= 0.6 is 46.4 Å². The highest BCUT2D eigenvalue weighted by Crippen LogP contribution is 2.37. The molecule has 2 aliphatic carbocycles. The first kappa shape index (κ1) is 58.0. The lowest BCUT2D eigenvalue weighted by Crippen LogP contribution is -2.54. The lowest BCUT2D eigenvalue weighted by atomic mass is 9.92. The van der Waals surface area contributed by atoms with Crippen LogP contribution in [0.1, 0.15) is 67.9 Å². The highest BCUT2D eigenvalue weighted by Gasteiger charge is 2.33. The zero-order valence-electron chi connectivity index (χ0n) is 37.6. The molecule has 4 aromatic carbocycles. The van der Waals surface area contributed by atoms with Crippen molar-refractivity contribution in [1.29, 1.82) is 0 Å². The van der Waals surface area contributed by atoms with E-state index >= 15 is 0 Å².